The third-order valence-electron chi connectivity index (χ3n) is 3.37. The van der Waals surface area contributed by atoms with Gasteiger partial charge in [-0.25, -0.2) is 13.2 Å². The lowest BCUT2D eigenvalue weighted by atomic mass is 10.1. The number of benzene rings is 1. The Morgan fingerprint density at radius 1 is 1.30 bits per heavy atom. The van der Waals surface area contributed by atoms with Gasteiger partial charge in [0.1, 0.15) is 0 Å². The largest absolute Gasteiger partial charge is 0.336 e. The number of carbonyl (C=O) groups excluding carboxylic acids is 1. The van der Waals surface area contributed by atoms with E-state index in [1.165, 1.54) is 10.6 Å². The van der Waals surface area contributed by atoms with Crippen LogP contribution in [0, 0.1) is 6.92 Å². The molecular formula is C16H27N3O3S. The Kier molecular flexibility index (Phi) is 6.87. The normalized spacial score (nSPS) is 11.4. The van der Waals surface area contributed by atoms with Crippen LogP contribution >= 0.6 is 0 Å². The maximum absolute atomic E-state index is 12.2. The standard InChI is InChI=1S/C16H27N3O3S/c1-6-14-9-7-8-13(4)15(14)19(23(5,21)22)11-10-17-16(20)18-12(2)3/h7-9,12H,6,10-11H2,1-5H3,(H2,17,18,20). The van der Waals surface area contributed by atoms with E-state index in [4.69, 9.17) is 0 Å². The smallest absolute Gasteiger partial charge is 0.315 e. The fourth-order valence-corrected chi connectivity index (χ4v) is 3.41. The van der Waals surface area contributed by atoms with Crippen LogP contribution in [-0.4, -0.2) is 39.8 Å². The molecule has 7 heteroatoms. The van der Waals surface area contributed by atoms with Crippen LogP contribution in [0.4, 0.5) is 10.5 Å². The Hall–Kier alpha value is -1.76. The molecule has 0 aliphatic carbocycles. The molecule has 0 atom stereocenters. The van der Waals surface area contributed by atoms with Gasteiger partial charge in [0.25, 0.3) is 0 Å². The zero-order valence-electron chi connectivity index (χ0n) is 14.5. The van der Waals surface area contributed by atoms with Crippen LogP contribution in [0.5, 0.6) is 0 Å². The van der Waals surface area contributed by atoms with Crippen LogP contribution in [0.1, 0.15) is 31.9 Å². The second kappa shape index (κ2) is 8.19. The highest BCUT2D eigenvalue weighted by Gasteiger charge is 2.21. The second-order valence-electron chi connectivity index (χ2n) is 5.83. The highest BCUT2D eigenvalue weighted by molar-refractivity contribution is 7.92. The number of sulfonamides is 1. The van der Waals surface area contributed by atoms with Crippen LogP contribution in [0.3, 0.4) is 0 Å². The molecule has 0 unspecified atom stereocenters. The Bertz CT molecular complexity index is 642. The van der Waals surface area contributed by atoms with E-state index in [9.17, 15) is 13.2 Å². The summed E-state index contributed by atoms with van der Waals surface area (Å²) in [4.78, 5) is 11.6. The molecular weight excluding hydrogens is 314 g/mol. The summed E-state index contributed by atoms with van der Waals surface area (Å²) in [5, 5.41) is 5.40. The van der Waals surface area contributed by atoms with Crippen molar-refractivity contribution in [2.75, 3.05) is 23.7 Å². The van der Waals surface area contributed by atoms with E-state index in [0.717, 1.165) is 17.5 Å². The van der Waals surface area contributed by atoms with E-state index >= 15 is 0 Å². The van der Waals surface area contributed by atoms with Crippen LogP contribution in [-0.2, 0) is 16.4 Å². The van der Waals surface area contributed by atoms with Gasteiger partial charge in [-0.3, -0.25) is 4.31 Å². The number of carbonyl (C=O) groups is 1. The second-order valence-corrected chi connectivity index (χ2v) is 7.73. The molecule has 0 fully saturated rings. The number of amides is 2. The lowest BCUT2D eigenvalue weighted by Gasteiger charge is -2.26. The van der Waals surface area contributed by atoms with Gasteiger partial charge >= 0.3 is 6.03 Å². The molecule has 1 aromatic carbocycles. The SMILES string of the molecule is CCc1cccc(C)c1N(CCNC(=O)NC(C)C)S(C)(=O)=O. The number of rotatable bonds is 7. The predicted octanol–water partition coefficient (Wildman–Crippen LogP) is 2.03. The summed E-state index contributed by atoms with van der Waals surface area (Å²) < 4.78 is 25.8. The van der Waals surface area contributed by atoms with Crippen molar-refractivity contribution in [3.05, 3.63) is 29.3 Å². The molecule has 2 N–H and O–H groups in total. The lowest BCUT2D eigenvalue weighted by Crippen LogP contribution is -2.44. The van der Waals surface area contributed by atoms with Crippen molar-refractivity contribution < 1.29 is 13.2 Å². The number of nitrogens with zero attached hydrogens (tertiary/aromatic N) is 1. The first kappa shape index (κ1) is 19.3. The van der Waals surface area contributed by atoms with Crippen LogP contribution in [0.25, 0.3) is 0 Å². The molecule has 0 aliphatic heterocycles. The Morgan fingerprint density at radius 3 is 2.48 bits per heavy atom. The van der Waals surface area contributed by atoms with E-state index < -0.39 is 10.0 Å². The first-order valence-electron chi connectivity index (χ1n) is 7.77. The van der Waals surface area contributed by atoms with Gasteiger partial charge in [0, 0.05) is 12.6 Å². The Balaban J connectivity index is 2.94. The summed E-state index contributed by atoms with van der Waals surface area (Å²) in [6.45, 7) is 8.05. The predicted molar refractivity (Wildman–Crippen MR) is 94.4 cm³/mol. The number of aryl methyl sites for hydroxylation is 2. The van der Waals surface area contributed by atoms with Gasteiger partial charge in [0.05, 0.1) is 18.5 Å². The Labute approximate surface area is 139 Å². The van der Waals surface area contributed by atoms with Gasteiger partial charge in [0.15, 0.2) is 0 Å². The molecule has 0 spiro atoms. The van der Waals surface area contributed by atoms with E-state index in [1.807, 2.05) is 45.9 Å². The highest BCUT2D eigenvalue weighted by Crippen LogP contribution is 2.27. The topological polar surface area (TPSA) is 78.5 Å². The fraction of sp³-hybridized carbons (Fsp3) is 0.562. The van der Waals surface area contributed by atoms with E-state index in [0.29, 0.717) is 5.69 Å². The number of para-hydroxylation sites is 1. The summed E-state index contributed by atoms with van der Waals surface area (Å²) >= 11 is 0. The van der Waals surface area contributed by atoms with E-state index in [2.05, 4.69) is 10.6 Å². The van der Waals surface area contributed by atoms with Crippen molar-refractivity contribution in [3.8, 4) is 0 Å². The highest BCUT2D eigenvalue weighted by atomic mass is 32.2. The lowest BCUT2D eigenvalue weighted by molar-refractivity contribution is 0.239. The summed E-state index contributed by atoms with van der Waals surface area (Å²) in [6.07, 6.45) is 1.93. The fourth-order valence-electron chi connectivity index (χ4n) is 2.39. The molecule has 0 aromatic heterocycles. The summed E-state index contributed by atoms with van der Waals surface area (Å²) in [6, 6.07) is 5.48. The first-order chi connectivity index (χ1) is 10.7. The number of urea groups is 1. The molecule has 1 aromatic rings. The minimum atomic E-state index is -3.43. The minimum Gasteiger partial charge on any atom is -0.336 e. The van der Waals surface area contributed by atoms with Crippen molar-refractivity contribution in [2.45, 2.75) is 40.2 Å². The number of hydrogen-bond acceptors (Lipinski definition) is 3. The minimum absolute atomic E-state index is 0.0315. The molecule has 130 valence electrons. The third-order valence-corrected chi connectivity index (χ3v) is 4.54. The summed E-state index contributed by atoms with van der Waals surface area (Å²) in [7, 11) is -3.43. The molecule has 0 saturated heterocycles. The van der Waals surface area contributed by atoms with Gasteiger partial charge in [0.2, 0.25) is 10.0 Å². The quantitative estimate of drug-likeness (QED) is 0.796. The monoisotopic (exact) mass is 341 g/mol. The van der Waals surface area contributed by atoms with Crippen molar-refractivity contribution in [3.63, 3.8) is 0 Å². The van der Waals surface area contributed by atoms with E-state index in [1.54, 1.807) is 0 Å². The molecule has 23 heavy (non-hydrogen) atoms. The van der Waals surface area contributed by atoms with Gasteiger partial charge in [-0.15, -0.1) is 0 Å². The Morgan fingerprint density at radius 2 is 1.96 bits per heavy atom. The third kappa shape index (κ3) is 5.74. The molecule has 0 heterocycles. The molecule has 0 bridgehead atoms. The van der Waals surface area contributed by atoms with Crippen molar-refractivity contribution in [2.24, 2.45) is 0 Å². The number of anilines is 1. The maximum atomic E-state index is 12.2. The molecule has 0 aliphatic rings. The number of nitrogens with one attached hydrogen (secondary N) is 2. The van der Waals surface area contributed by atoms with Gasteiger partial charge in [-0.2, -0.15) is 0 Å². The summed E-state index contributed by atoms with van der Waals surface area (Å²) in [5.41, 5.74) is 2.59. The van der Waals surface area contributed by atoms with Crippen LogP contribution in [0.15, 0.2) is 18.2 Å². The van der Waals surface area contributed by atoms with E-state index in [-0.39, 0.29) is 25.2 Å². The van der Waals surface area contributed by atoms with Gasteiger partial charge < -0.3 is 10.6 Å². The molecule has 6 nitrogen and oxygen atoms in total. The van der Waals surface area contributed by atoms with Gasteiger partial charge in [-0.05, 0) is 38.3 Å². The maximum Gasteiger partial charge on any atom is 0.315 e. The average Bonchev–Trinajstić information content (AvgIpc) is 2.42. The zero-order valence-corrected chi connectivity index (χ0v) is 15.3. The molecule has 0 radical (unpaired) electrons. The summed E-state index contributed by atoms with van der Waals surface area (Å²) in [5.74, 6) is 0. The first-order valence-corrected chi connectivity index (χ1v) is 9.62. The van der Waals surface area contributed by atoms with Gasteiger partial charge in [-0.1, -0.05) is 25.1 Å². The zero-order chi connectivity index (χ0) is 17.6. The molecule has 1 rings (SSSR count). The number of hydrogen-bond donors (Lipinski definition) is 2. The van der Waals surface area contributed by atoms with Crippen LogP contribution in [0.2, 0.25) is 0 Å². The molecule has 0 saturated carbocycles. The molecule has 2 amide bonds. The van der Waals surface area contributed by atoms with Crippen molar-refractivity contribution in [1.29, 1.82) is 0 Å². The average molecular weight is 341 g/mol. The van der Waals surface area contributed by atoms with Crippen molar-refractivity contribution >= 4 is 21.7 Å². The van der Waals surface area contributed by atoms with Crippen LogP contribution < -0.4 is 14.9 Å². The van der Waals surface area contributed by atoms with Crippen molar-refractivity contribution in [1.82, 2.24) is 10.6 Å².